The van der Waals surface area contributed by atoms with Gasteiger partial charge in [-0.15, -0.1) is 0 Å². The number of aryl methyl sites for hydroxylation is 2. The molecule has 1 amide bonds. The van der Waals surface area contributed by atoms with E-state index in [0.717, 1.165) is 41.7 Å². The molecule has 1 heterocycles. The van der Waals surface area contributed by atoms with Gasteiger partial charge in [-0.25, -0.2) is 0 Å². The van der Waals surface area contributed by atoms with Gasteiger partial charge in [-0.2, -0.15) is 0 Å². The van der Waals surface area contributed by atoms with Crippen LogP contribution in [0.5, 0.6) is 11.5 Å². The van der Waals surface area contributed by atoms with E-state index in [1.807, 2.05) is 51.1 Å². The second-order valence-electron chi connectivity index (χ2n) is 8.78. The van der Waals surface area contributed by atoms with Crippen molar-refractivity contribution in [1.29, 1.82) is 0 Å². The van der Waals surface area contributed by atoms with E-state index < -0.39 is 17.7 Å². The molecule has 1 aliphatic heterocycles. The van der Waals surface area contributed by atoms with Crippen molar-refractivity contribution in [3.63, 3.8) is 0 Å². The fourth-order valence-electron chi connectivity index (χ4n) is 4.53. The topological polar surface area (TPSA) is 76.1 Å². The number of ketones is 1. The number of aliphatic hydroxyl groups is 1. The number of aliphatic hydroxyl groups excluding tert-OH is 1. The van der Waals surface area contributed by atoms with Gasteiger partial charge in [-0.1, -0.05) is 44.9 Å². The minimum absolute atomic E-state index is 0.0818. The molecular formula is C28H35NO5. The predicted octanol–water partition coefficient (Wildman–Crippen LogP) is 5.71. The smallest absolute Gasteiger partial charge is 0.295 e. The molecule has 0 aromatic heterocycles. The molecule has 34 heavy (non-hydrogen) atoms. The number of carbonyl (C=O) groups excluding carboxylic acids is 2. The molecule has 1 atom stereocenters. The Morgan fingerprint density at radius 3 is 2.35 bits per heavy atom. The summed E-state index contributed by atoms with van der Waals surface area (Å²) in [6.07, 6.45) is 3.93. The zero-order valence-corrected chi connectivity index (χ0v) is 20.8. The highest BCUT2D eigenvalue weighted by Gasteiger charge is 2.46. The van der Waals surface area contributed by atoms with Gasteiger partial charge >= 0.3 is 0 Å². The Morgan fingerprint density at radius 1 is 1.03 bits per heavy atom. The maximum atomic E-state index is 13.2. The van der Waals surface area contributed by atoms with Crippen LogP contribution in [0, 0.1) is 13.8 Å². The highest BCUT2D eigenvalue weighted by Crippen LogP contribution is 2.42. The monoisotopic (exact) mass is 465 g/mol. The fraction of sp³-hybridized carbons (Fsp3) is 0.429. The lowest BCUT2D eigenvalue weighted by molar-refractivity contribution is -0.139. The average molecular weight is 466 g/mol. The second-order valence-corrected chi connectivity index (χ2v) is 8.78. The summed E-state index contributed by atoms with van der Waals surface area (Å²) in [4.78, 5) is 27.7. The third kappa shape index (κ3) is 5.11. The van der Waals surface area contributed by atoms with E-state index in [0.29, 0.717) is 30.9 Å². The molecule has 0 saturated carbocycles. The van der Waals surface area contributed by atoms with Crippen molar-refractivity contribution in [3.8, 4) is 11.5 Å². The van der Waals surface area contributed by atoms with Crippen molar-refractivity contribution in [2.75, 3.05) is 20.3 Å². The van der Waals surface area contributed by atoms with Crippen molar-refractivity contribution < 1.29 is 24.2 Å². The number of benzene rings is 2. The van der Waals surface area contributed by atoms with Crippen LogP contribution < -0.4 is 9.47 Å². The summed E-state index contributed by atoms with van der Waals surface area (Å²) in [5, 5.41) is 11.4. The van der Waals surface area contributed by atoms with Crippen LogP contribution in [0.1, 0.15) is 67.8 Å². The summed E-state index contributed by atoms with van der Waals surface area (Å²) < 4.78 is 11.4. The zero-order chi connectivity index (χ0) is 24.8. The van der Waals surface area contributed by atoms with Crippen molar-refractivity contribution in [3.05, 3.63) is 64.2 Å². The standard InChI is InChI=1S/C28H35NO5/c1-6-8-9-15-34-21-12-10-20(11-13-21)24-23(26(31)28(32)29(24)14-7-2)25(30)22-17-18(3)16-19(4)27(22)33-5/h10-13,16-17,24,30H,6-9,14-15H2,1-5H3/b25-23+. The number of unbranched alkanes of at least 4 members (excludes halogenated alkanes) is 2. The lowest BCUT2D eigenvalue weighted by Crippen LogP contribution is -2.30. The molecule has 1 saturated heterocycles. The van der Waals surface area contributed by atoms with E-state index in [9.17, 15) is 14.7 Å². The Bertz CT molecular complexity index is 1070. The van der Waals surface area contributed by atoms with Gasteiger partial charge in [0.05, 0.1) is 30.9 Å². The molecule has 2 aromatic carbocycles. The van der Waals surface area contributed by atoms with Crippen LogP contribution in [-0.4, -0.2) is 42.0 Å². The first-order valence-electron chi connectivity index (χ1n) is 12.0. The van der Waals surface area contributed by atoms with Crippen LogP contribution >= 0.6 is 0 Å². The molecule has 0 radical (unpaired) electrons. The summed E-state index contributed by atoms with van der Waals surface area (Å²) >= 11 is 0. The van der Waals surface area contributed by atoms with E-state index in [1.165, 1.54) is 7.11 Å². The maximum absolute atomic E-state index is 13.2. The summed E-state index contributed by atoms with van der Waals surface area (Å²) in [7, 11) is 1.53. The van der Waals surface area contributed by atoms with Crippen LogP contribution in [-0.2, 0) is 9.59 Å². The number of carbonyl (C=O) groups is 2. The van der Waals surface area contributed by atoms with E-state index in [2.05, 4.69) is 6.92 Å². The quantitative estimate of drug-likeness (QED) is 0.210. The van der Waals surface area contributed by atoms with Crippen molar-refractivity contribution in [2.24, 2.45) is 0 Å². The molecule has 1 fully saturated rings. The molecule has 6 heteroatoms. The highest BCUT2D eigenvalue weighted by atomic mass is 16.5. The average Bonchev–Trinajstić information content (AvgIpc) is 3.06. The first-order chi connectivity index (χ1) is 16.3. The minimum atomic E-state index is -0.683. The van der Waals surface area contributed by atoms with Crippen LogP contribution in [0.2, 0.25) is 0 Å². The molecule has 0 bridgehead atoms. The predicted molar refractivity (Wildman–Crippen MR) is 133 cm³/mol. The van der Waals surface area contributed by atoms with Crippen LogP contribution in [0.25, 0.3) is 5.76 Å². The Labute approximate surface area is 202 Å². The first-order valence-corrected chi connectivity index (χ1v) is 12.0. The third-order valence-electron chi connectivity index (χ3n) is 6.10. The van der Waals surface area contributed by atoms with E-state index in [1.54, 1.807) is 11.0 Å². The molecule has 182 valence electrons. The zero-order valence-electron chi connectivity index (χ0n) is 20.8. The van der Waals surface area contributed by atoms with Crippen LogP contribution in [0.15, 0.2) is 42.0 Å². The fourth-order valence-corrected chi connectivity index (χ4v) is 4.53. The first kappa shape index (κ1) is 25.3. The van der Waals surface area contributed by atoms with E-state index in [4.69, 9.17) is 9.47 Å². The molecule has 1 unspecified atom stereocenters. The van der Waals surface area contributed by atoms with Crippen molar-refractivity contribution >= 4 is 17.4 Å². The van der Waals surface area contributed by atoms with E-state index >= 15 is 0 Å². The lowest BCUT2D eigenvalue weighted by Gasteiger charge is -2.25. The third-order valence-corrected chi connectivity index (χ3v) is 6.10. The van der Waals surface area contributed by atoms with Crippen molar-refractivity contribution in [1.82, 2.24) is 4.90 Å². The summed E-state index contributed by atoms with van der Waals surface area (Å²) in [6.45, 7) is 8.95. The highest BCUT2D eigenvalue weighted by molar-refractivity contribution is 6.46. The maximum Gasteiger partial charge on any atom is 0.295 e. The number of hydrogen-bond acceptors (Lipinski definition) is 5. The summed E-state index contributed by atoms with van der Waals surface area (Å²) in [6, 6.07) is 10.5. The molecule has 1 N–H and O–H groups in total. The Balaban J connectivity index is 2.07. The number of Topliss-reactive ketones (excluding diaryl/α,β-unsaturated/α-hetero) is 1. The lowest BCUT2D eigenvalue weighted by atomic mass is 9.93. The van der Waals surface area contributed by atoms with Crippen LogP contribution in [0.4, 0.5) is 0 Å². The largest absolute Gasteiger partial charge is 0.507 e. The van der Waals surface area contributed by atoms with Gasteiger partial charge in [0.25, 0.3) is 11.7 Å². The number of hydrogen-bond donors (Lipinski definition) is 1. The van der Waals surface area contributed by atoms with Crippen molar-refractivity contribution in [2.45, 2.75) is 59.4 Å². The number of methoxy groups -OCH3 is 1. The number of likely N-dealkylation sites (tertiary alicyclic amines) is 1. The van der Waals surface area contributed by atoms with Crippen LogP contribution in [0.3, 0.4) is 0 Å². The minimum Gasteiger partial charge on any atom is -0.507 e. The molecule has 2 aromatic rings. The second kappa shape index (κ2) is 11.2. The normalized spacial score (nSPS) is 17.3. The van der Waals surface area contributed by atoms with Gasteiger partial charge < -0.3 is 19.5 Å². The number of amides is 1. The van der Waals surface area contributed by atoms with Gasteiger partial charge in [0.15, 0.2) is 0 Å². The van der Waals surface area contributed by atoms with Gasteiger partial charge in [0.1, 0.15) is 17.3 Å². The number of ether oxygens (including phenoxy) is 2. The van der Waals surface area contributed by atoms with Gasteiger partial charge in [0, 0.05) is 6.54 Å². The molecule has 1 aliphatic rings. The number of nitrogens with zero attached hydrogens (tertiary/aromatic N) is 1. The van der Waals surface area contributed by atoms with E-state index in [-0.39, 0.29) is 11.3 Å². The SMILES string of the molecule is CCCCCOc1ccc(C2/C(=C(\O)c3cc(C)cc(C)c3OC)C(=O)C(=O)N2CCC)cc1. The van der Waals surface area contributed by atoms with Gasteiger partial charge in [-0.3, -0.25) is 9.59 Å². The Kier molecular flexibility index (Phi) is 8.37. The molecular weight excluding hydrogens is 430 g/mol. The Morgan fingerprint density at radius 2 is 1.74 bits per heavy atom. The van der Waals surface area contributed by atoms with Gasteiger partial charge in [-0.05, 0) is 61.6 Å². The number of rotatable bonds is 10. The summed E-state index contributed by atoms with van der Waals surface area (Å²) in [5.41, 5.74) is 3.00. The molecule has 3 rings (SSSR count). The molecule has 0 aliphatic carbocycles. The summed E-state index contributed by atoms with van der Waals surface area (Å²) in [5.74, 6) is -0.276. The molecule has 0 spiro atoms. The molecule has 6 nitrogen and oxygen atoms in total. The Hall–Kier alpha value is -3.28. The van der Waals surface area contributed by atoms with Gasteiger partial charge in [0.2, 0.25) is 0 Å².